The van der Waals surface area contributed by atoms with Crippen LogP contribution < -0.4 is 9.44 Å². The summed E-state index contributed by atoms with van der Waals surface area (Å²) < 4.78 is 55.7. The molecule has 38 heavy (non-hydrogen) atoms. The van der Waals surface area contributed by atoms with Gasteiger partial charge < -0.3 is 10.2 Å². The van der Waals surface area contributed by atoms with Crippen LogP contribution in [0.25, 0.3) is 11.1 Å². The van der Waals surface area contributed by atoms with Gasteiger partial charge in [-0.15, -0.1) is 0 Å². The third-order valence-electron chi connectivity index (χ3n) is 6.10. The van der Waals surface area contributed by atoms with Crippen molar-refractivity contribution >= 4 is 37.8 Å². The van der Waals surface area contributed by atoms with Gasteiger partial charge in [-0.2, -0.15) is 0 Å². The number of fused-ring (bicyclic) bond motifs is 3. The topological polar surface area (TPSA) is 184 Å². The second-order valence-corrected chi connectivity index (χ2v) is 12.5. The predicted molar refractivity (Wildman–Crippen MR) is 138 cm³/mol. The van der Waals surface area contributed by atoms with Crippen LogP contribution in [0, 0.1) is 0 Å². The third-order valence-corrected chi connectivity index (χ3v) is 9.02. The van der Waals surface area contributed by atoms with E-state index in [2.05, 4.69) is 9.44 Å². The van der Waals surface area contributed by atoms with Gasteiger partial charge in [-0.05, 0) is 61.1 Å². The lowest BCUT2D eigenvalue weighted by Gasteiger charge is -2.09. The number of hydrogen-bond donors (Lipinski definition) is 4. The summed E-state index contributed by atoms with van der Waals surface area (Å²) in [5, 5.41) is 17.3. The molecule has 4 N–H and O–H groups in total. The lowest BCUT2D eigenvalue weighted by Crippen LogP contribution is -2.25. The molecule has 1 aliphatic carbocycles. The molecule has 0 amide bonds. The smallest absolute Gasteiger partial charge is 0.303 e. The van der Waals surface area contributed by atoms with E-state index in [1.165, 1.54) is 36.4 Å². The number of carbonyl (C=O) groups excluding carboxylic acids is 1. The first-order valence-electron chi connectivity index (χ1n) is 12.2. The minimum absolute atomic E-state index is 0.0217. The van der Waals surface area contributed by atoms with E-state index in [4.69, 9.17) is 10.2 Å². The second-order valence-electron chi connectivity index (χ2n) is 8.95. The first kappa shape index (κ1) is 29.4. The Morgan fingerprint density at radius 1 is 0.605 bits per heavy atom. The second kappa shape index (κ2) is 12.6. The van der Waals surface area contributed by atoms with Gasteiger partial charge in [0.25, 0.3) is 0 Å². The summed E-state index contributed by atoms with van der Waals surface area (Å²) in [6.07, 6.45) is 2.98. The van der Waals surface area contributed by atoms with Gasteiger partial charge in [-0.1, -0.05) is 25.0 Å². The Kier molecular flexibility index (Phi) is 9.77. The Balaban J connectivity index is 1.66. The molecule has 0 saturated heterocycles. The van der Waals surface area contributed by atoms with Crippen LogP contribution in [0.15, 0.2) is 46.2 Å². The molecule has 0 aromatic heterocycles. The van der Waals surface area contributed by atoms with Gasteiger partial charge in [0.05, 0.1) is 9.79 Å². The number of sulfonamides is 2. The number of unbranched alkanes of at least 4 members (excludes halogenated alkanes) is 4. The van der Waals surface area contributed by atoms with Crippen molar-refractivity contribution in [3.8, 4) is 11.1 Å². The fourth-order valence-electron chi connectivity index (χ4n) is 4.11. The molecule has 0 radical (unpaired) electrons. The van der Waals surface area contributed by atoms with Crippen molar-refractivity contribution in [1.82, 2.24) is 9.44 Å². The maximum absolute atomic E-state index is 13.1. The van der Waals surface area contributed by atoms with E-state index < -0.39 is 37.8 Å². The Bertz CT molecular complexity index is 1330. The summed E-state index contributed by atoms with van der Waals surface area (Å²) >= 11 is 0. The van der Waals surface area contributed by atoms with Gasteiger partial charge in [0.1, 0.15) is 0 Å². The standard InChI is InChI=1S/C25H30N2O9S2/c28-23(29)7-3-1-5-13-26-37(33,34)17-9-11-19-20-12-10-18(16-22(20)25(32)21(19)15-17)38(35,36)27-14-6-2-4-8-24(30)31/h9-12,15-16,26-27H,1-8,13-14H2,(H,28,29)(H,30,31). The molecule has 0 atom stereocenters. The van der Waals surface area contributed by atoms with E-state index in [0.717, 1.165) is 0 Å². The molecule has 0 aliphatic heterocycles. The van der Waals surface area contributed by atoms with Crippen molar-refractivity contribution in [2.75, 3.05) is 13.1 Å². The number of benzene rings is 2. The summed E-state index contributed by atoms with van der Waals surface area (Å²) in [6, 6.07) is 8.34. The Labute approximate surface area is 221 Å². The molecular formula is C25H30N2O9S2. The number of aliphatic carboxylic acids is 2. The van der Waals surface area contributed by atoms with Crippen molar-refractivity contribution in [3.63, 3.8) is 0 Å². The van der Waals surface area contributed by atoms with Crippen LogP contribution in [0.2, 0.25) is 0 Å². The summed E-state index contributed by atoms with van der Waals surface area (Å²) in [4.78, 5) is 34.0. The van der Waals surface area contributed by atoms with Crippen molar-refractivity contribution < 1.29 is 41.4 Å². The molecule has 0 heterocycles. The summed E-state index contributed by atoms with van der Waals surface area (Å²) in [5.41, 5.74) is 1.33. The average Bonchev–Trinajstić information content (AvgIpc) is 3.14. The molecular weight excluding hydrogens is 536 g/mol. The highest BCUT2D eigenvalue weighted by atomic mass is 32.2. The van der Waals surface area contributed by atoms with Crippen LogP contribution in [0.4, 0.5) is 0 Å². The molecule has 3 rings (SSSR count). The zero-order chi connectivity index (χ0) is 27.9. The number of carbonyl (C=O) groups is 3. The van der Waals surface area contributed by atoms with Gasteiger partial charge in [0.15, 0.2) is 5.78 Å². The number of hydrogen-bond acceptors (Lipinski definition) is 7. The van der Waals surface area contributed by atoms with Crippen LogP contribution in [0.1, 0.15) is 67.3 Å². The van der Waals surface area contributed by atoms with E-state index in [0.29, 0.717) is 49.7 Å². The highest BCUT2D eigenvalue weighted by Gasteiger charge is 2.30. The number of rotatable bonds is 16. The van der Waals surface area contributed by atoms with Crippen molar-refractivity contribution in [2.45, 2.75) is 61.2 Å². The van der Waals surface area contributed by atoms with Gasteiger partial charge in [0, 0.05) is 37.1 Å². The molecule has 0 fully saturated rings. The van der Waals surface area contributed by atoms with E-state index in [-0.39, 0.29) is 46.8 Å². The van der Waals surface area contributed by atoms with Crippen molar-refractivity contribution in [1.29, 1.82) is 0 Å². The molecule has 1 aliphatic rings. The van der Waals surface area contributed by atoms with Crippen LogP contribution in [0.3, 0.4) is 0 Å². The Hall–Kier alpha value is -3.13. The summed E-state index contributed by atoms with van der Waals surface area (Å²) in [5.74, 6) is -2.29. The zero-order valence-corrected chi connectivity index (χ0v) is 22.2. The molecule has 0 unspecified atom stereocenters. The van der Waals surface area contributed by atoms with E-state index in [1.807, 2.05) is 0 Å². The minimum Gasteiger partial charge on any atom is -0.481 e. The Morgan fingerprint density at radius 3 is 1.37 bits per heavy atom. The molecule has 0 saturated carbocycles. The number of carboxylic acids is 2. The van der Waals surface area contributed by atoms with Gasteiger partial charge in [-0.25, -0.2) is 26.3 Å². The van der Waals surface area contributed by atoms with Gasteiger partial charge in [0.2, 0.25) is 20.0 Å². The lowest BCUT2D eigenvalue weighted by atomic mass is 10.1. The normalized spacial score (nSPS) is 12.8. The van der Waals surface area contributed by atoms with Crippen molar-refractivity contribution in [2.24, 2.45) is 0 Å². The quantitative estimate of drug-likeness (QED) is 0.189. The molecule has 0 spiro atoms. The molecule has 2 aromatic rings. The molecule has 2 aromatic carbocycles. The summed E-state index contributed by atoms with van der Waals surface area (Å²) in [6.45, 7) is 0.252. The van der Waals surface area contributed by atoms with Crippen molar-refractivity contribution in [3.05, 3.63) is 47.5 Å². The zero-order valence-electron chi connectivity index (χ0n) is 20.6. The van der Waals surface area contributed by atoms with Crippen LogP contribution in [0.5, 0.6) is 0 Å². The van der Waals surface area contributed by atoms with Gasteiger partial charge in [-0.3, -0.25) is 14.4 Å². The number of nitrogens with one attached hydrogen (secondary N) is 2. The average molecular weight is 567 g/mol. The Morgan fingerprint density at radius 2 is 1.00 bits per heavy atom. The van der Waals surface area contributed by atoms with E-state index in [9.17, 15) is 31.2 Å². The molecule has 11 nitrogen and oxygen atoms in total. The highest BCUT2D eigenvalue weighted by Crippen LogP contribution is 2.38. The highest BCUT2D eigenvalue weighted by molar-refractivity contribution is 7.89. The maximum Gasteiger partial charge on any atom is 0.303 e. The lowest BCUT2D eigenvalue weighted by molar-refractivity contribution is -0.138. The minimum atomic E-state index is -3.91. The fraction of sp³-hybridized carbons (Fsp3) is 0.400. The monoisotopic (exact) mass is 566 g/mol. The SMILES string of the molecule is O=C(O)CCCCCNS(=O)(=O)c1ccc2c(c1)C(=O)c1cc(S(=O)(=O)NCCCCCC(=O)O)ccc1-2. The fourth-order valence-corrected chi connectivity index (χ4v) is 6.31. The number of carboxylic acid groups (broad SMARTS) is 2. The van der Waals surface area contributed by atoms with E-state index >= 15 is 0 Å². The molecule has 206 valence electrons. The van der Waals surface area contributed by atoms with Crippen LogP contribution in [-0.4, -0.2) is 57.9 Å². The van der Waals surface area contributed by atoms with Gasteiger partial charge >= 0.3 is 11.9 Å². The maximum atomic E-state index is 13.1. The van der Waals surface area contributed by atoms with E-state index in [1.54, 1.807) is 0 Å². The molecule has 13 heteroatoms. The first-order chi connectivity index (χ1) is 17.9. The first-order valence-corrected chi connectivity index (χ1v) is 15.1. The third kappa shape index (κ3) is 7.47. The van der Waals surface area contributed by atoms with Crippen LogP contribution >= 0.6 is 0 Å². The summed E-state index contributed by atoms with van der Waals surface area (Å²) in [7, 11) is -7.81. The largest absolute Gasteiger partial charge is 0.481 e. The van der Waals surface area contributed by atoms with Crippen LogP contribution in [-0.2, 0) is 29.6 Å². The number of ketones is 1. The predicted octanol–water partition coefficient (Wildman–Crippen LogP) is 2.74. The molecule has 0 bridgehead atoms.